The molecule has 0 amide bonds. The van der Waals surface area contributed by atoms with Crippen molar-refractivity contribution in [3.8, 4) is 11.1 Å². The summed E-state index contributed by atoms with van der Waals surface area (Å²) in [6.45, 7) is 23.0. The molecule has 5 rings (SSSR count). The number of hydrogen-bond acceptors (Lipinski definition) is 0. The van der Waals surface area contributed by atoms with Gasteiger partial charge in [0.2, 0.25) is 0 Å². The van der Waals surface area contributed by atoms with Crippen LogP contribution in [0.4, 0.5) is 0 Å². The SMILES string of the molecule is C=C1C=CC(CC(C)(C)C)C(=C)C1CC1=Cc2cccc(-c3cc(C)cc(C)c3C[C@@H]3CC[C@H](CCC)C3)c2C1. The molecule has 0 N–H and O–H groups in total. The van der Waals surface area contributed by atoms with E-state index in [1.54, 1.807) is 5.56 Å². The minimum Gasteiger partial charge on any atom is -0.0986 e. The number of aryl methyl sites for hydroxylation is 2. The first-order valence-electron chi connectivity index (χ1n) is 16.0. The van der Waals surface area contributed by atoms with Gasteiger partial charge in [-0.2, -0.15) is 0 Å². The quantitative estimate of drug-likeness (QED) is 0.297. The van der Waals surface area contributed by atoms with Crippen LogP contribution in [0.3, 0.4) is 0 Å². The van der Waals surface area contributed by atoms with Crippen molar-refractivity contribution in [2.24, 2.45) is 29.1 Å². The van der Waals surface area contributed by atoms with Gasteiger partial charge in [-0.3, -0.25) is 0 Å². The highest BCUT2D eigenvalue weighted by Crippen LogP contribution is 2.45. The van der Waals surface area contributed by atoms with Crippen molar-refractivity contribution in [2.45, 2.75) is 99.3 Å². The zero-order valence-corrected chi connectivity index (χ0v) is 26.2. The van der Waals surface area contributed by atoms with Crippen LogP contribution in [0.2, 0.25) is 0 Å². The predicted octanol–water partition coefficient (Wildman–Crippen LogP) is 11.4. The zero-order chi connectivity index (χ0) is 28.6. The van der Waals surface area contributed by atoms with Gasteiger partial charge in [0, 0.05) is 5.92 Å². The summed E-state index contributed by atoms with van der Waals surface area (Å²) in [4.78, 5) is 0. The molecule has 0 heterocycles. The lowest BCUT2D eigenvalue weighted by atomic mass is 9.71. The number of hydrogen-bond donors (Lipinski definition) is 0. The molecule has 40 heavy (non-hydrogen) atoms. The average Bonchev–Trinajstić information content (AvgIpc) is 3.51. The molecule has 0 radical (unpaired) electrons. The van der Waals surface area contributed by atoms with Crippen molar-refractivity contribution < 1.29 is 0 Å². The van der Waals surface area contributed by atoms with Gasteiger partial charge in [0.25, 0.3) is 0 Å². The molecule has 0 saturated heterocycles. The first-order valence-corrected chi connectivity index (χ1v) is 16.0. The second kappa shape index (κ2) is 11.7. The number of allylic oxidation sites excluding steroid dienone is 5. The maximum absolute atomic E-state index is 4.63. The molecular formula is C40H52. The van der Waals surface area contributed by atoms with Crippen molar-refractivity contribution >= 4 is 6.08 Å². The van der Waals surface area contributed by atoms with E-state index >= 15 is 0 Å². The summed E-state index contributed by atoms with van der Waals surface area (Å²) >= 11 is 0. The van der Waals surface area contributed by atoms with E-state index in [2.05, 4.69) is 103 Å². The van der Waals surface area contributed by atoms with E-state index in [0.29, 0.717) is 11.8 Å². The molecule has 3 aliphatic carbocycles. The van der Waals surface area contributed by atoms with Crippen molar-refractivity contribution in [1.29, 1.82) is 0 Å². The first kappa shape index (κ1) is 28.9. The smallest absolute Gasteiger partial charge is 0.00827 e. The molecule has 1 fully saturated rings. The van der Waals surface area contributed by atoms with Crippen LogP contribution in [-0.4, -0.2) is 0 Å². The Labute approximate surface area is 245 Å². The molecule has 0 bridgehead atoms. The molecule has 0 aromatic heterocycles. The van der Waals surface area contributed by atoms with Gasteiger partial charge in [-0.05, 0) is 114 Å². The van der Waals surface area contributed by atoms with E-state index < -0.39 is 0 Å². The summed E-state index contributed by atoms with van der Waals surface area (Å²) in [6, 6.07) is 11.9. The van der Waals surface area contributed by atoms with Gasteiger partial charge in [-0.1, -0.05) is 125 Å². The highest BCUT2D eigenvalue weighted by molar-refractivity contribution is 5.80. The summed E-state index contributed by atoms with van der Waals surface area (Å²) < 4.78 is 0. The third-order valence-electron chi connectivity index (χ3n) is 9.94. The molecule has 0 nitrogen and oxygen atoms in total. The standard InChI is InChI=1S/C40H52/c1-9-11-30-15-16-31(20-30)22-37-28(4)18-26(2)19-39(37)35-13-10-12-33-21-32(24-38(33)35)23-36-27(3)14-17-34(29(36)5)25-40(6,7)8/h10,12-14,17-19,21,30-31,34,36H,3,5,9,11,15-16,20,22-25H2,1-2,4,6-8H3/t30-,31+,34?,36?/m0/s1. The van der Waals surface area contributed by atoms with Crippen molar-refractivity contribution in [2.75, 3.05) is 0 Å². The molecule has 2 aromatic rings. The Morgan fingerprint density at radius 3 is 2.48 bits per heavy atom. The Morgan fingerprint density at radius 2 is 1.73 bits per heavy atom. The maximum Gasteiger partial charge on any atom is 0.00827 e. The zero-order valence-electron chi connectivity index (χ0n) is 26.2. The van der Waals surface area contributed by atoms with E-state index in [4.69, 9.17) is 0 Å². The van der Waals surface area contributed by atoms with Crippen LogP contribution in [0.25, 0.3) is 17.2 Å². The summed E-state index contributed by atoms with van der Waals surface area (Å²) in [6.07, 6.45) is 18.5. The fourth-order valence-electron chi connectivity index (χ4n) is 8.01. The minimum absolute atomic E-state index is 0.290. The molecule has 0 aliphatic heterocycles. The van der Waals surface area contributed by atoms with E-state index in [1.807, 2.05) is 0 Å². The second-order valence-electron chi connectivity index (χ2n) is 14.6. The van der Waals surface area contributed by atoms with Crippen LogP contribution in [0, 0.1) is 42.9 Å². The van der Waals surface area contributed by atoms with Crippen LogP contribution in [0.1, 0.15) is 100 Å². The summed E-state index contributed by atoms with van der Waals surface area (Å²) in [5, 5.41) is 0. The fourth-order valence-corrected chi connectivity index (χ4v) is 8.01. The Hall–Kier alpha value is -2.60. The summed E-state index contributed by atoms with van der Waals surface area (Å²) in [5.41, 5.74) is 14.7. The third kappa shape index (κ3) is 6.32. The predicted molar refractivity (Wildman–Crippen MR) is 176 cm³/mol. The molecule has 0 heteroatoms. The molecule has 0 spiro atoms. The van der Waals surface area contributed by atoms with E-state index in [-0.39, 0.29) is 5.41 Å². The molecular weight excluding hydrogens is 480 g/mol. The second-order valence-corrected chi connectivity index (χ2v) is 14.6. The van der Waals surface area contributed by atoms with Gasteiger partial charge in [0.05, 0.1) is 0 Å². The van der Waals surface area contributed by atoms with Crippen LogP contribution in [0.15, 0.2) is 72.4 Å². The lowest BCUT2D eigenvalue weighted by Gasteiger charge is -2.33. The van der Waals surface area contributed by atoms with E-state index in [9.17, 15) is 0 Å². The molecule has 2 unspecified atom stereocenters. The van der Waals surface area contributed by atoms with E-state index in [0.717, 1.165) is 31.1 Å². The summed E-state index contributed by atoms with van der Waals surface area (Å²) in [7, 11) is 0. The monoisotopic (exact) mass is 532 g/mol. The third-order valence-corrected chi connectivity index (χ3v) is 9.94. The lowest BCUT2D eigenvalue weighted by Crippen LogP contribution is -2.21. The number of rotatable bonds is 8. The van der Waals surface area contributed by atoms with Crippen LogP contribution < -0.4 is 0 Å². The van der Waals surface area contributed by atoms with E-state index in [1.165, 1.54) is 88.6 Å². The Morgan fingerprint density at radius 1 is 0.950 bits per heavy atom. The van der Waals surface area contributed by atoms with Crippen molar-refractivity contribution in [3.63, 3.8) is 0 Å². The van der Waals surface area contributed by atoms with Crippen LogP contribution >= 0.6 is 0 Å². The highest BCUT2D eigenvalue weighted by Gasteiger charge is 2.31. The van der Waals surface area contributed by atoms with Crippen molar-refractivity contribution in [1.82, 2.24) is 0 Å². The topological polar surface area (TPSA) is 0 Å². The van der Waals surface area contributed by atoms with Gasteiger partial charge in [0.15, 0.2) is 0 Å². The number of benzene rings is 2. The fraction of sp³-hybridized carbons (Fsp3) is 0.500. The largest absolute Gasteiger partial charge is 0.0986 e. The molecule has 4 atom stereocenters. The molecule has 3 aliphatic rings. The van der Waals surface area contributed by atoms with Gasteiger partial charge < -0.3 is 0 Å². The number of fused-ring (bicyclic) bond motifs is 1. The van der Waals surface area contributed by atoms with Gasteiger partial charge >= 0.3 is 0 Å². The Balaban J connectivity index is 1.38. The normalized spacial score (nSPS) is 24.5. The molecule has 2 aromatic carbocycles. The summed E-state index contributed by atoms with van der Waals surface area (Å²) in [5.74, 6) is 2.57. The van der Waals surface area contributed by atoms with Crippen molar-refractivity contribution in [3.05, 3.63) is 100 Å². The Kier molecular flexibility index (Phi) is 8.47. The van der Waals surface area contributed by atoms with Gasteiger partial charge in [0.1, 0.15) is 0 Å². The first-order chi connectivity index (χ1) is 19.0. The Bertz CT molecular complexity index is 1340. The lowest BCUT2D eigenvalue weighted by molar-refractivity contribution is 0.334. The van der Waals surface area contributed by atoms with Gasteiger partial charge in [-0.15, -0.1) is 0 Å². The average molecular weight is 533 g/mol. The highest BCUT2D eigenvalue weighted by atomic mass is 14.4. The van der Waals surface area contributed by atoms with Gasteiger partial charge in [-0.25, -0.2) is 0 Å². The maximum atomic E-state index is 4.63. The molecule has 212 valence electrons. The molecule has 1 saturated carbocycles. The van der Waals surface area contributed by atoms with Crippen LogP contribution in [-0.2, 0) is 12.8 Å². The van der Waals surface area contributed by atoms with Crippen LogP contribution in [0.5, 0.6) is 0 Å². The minimum atomic E-state index is 0.290.